The van der Waals surface area contributed by atoms with Gasteiger partial charge in [0.05, 0.1) is 0 Å². The van der Waals surface area contributed by atoms with E-state index in [2.05, 4.69) is 33.1 Å². The van der Waals surface area contributed by atoms with E-state index in [0.717, 1.165) is 23.8 Å². The van der Waals surface area contributed by atoms with Crippen molar-refractivity contribution < 1.29 is 0 Å². The van der Waals surface area contributed by atoms with E-state index in [1.165, 1.54) is 19.3 Å². The first-order valence-electron chi connectivity index (χ1n) is 5.34. The smallest absolute Gasteiger partial charge is 0.0120 e. The van der Waals surface area contributed by atoms with Crippen molar-refractivity contribution in [3.8, 4) is 0 Å². The first kappa shape index (κ1) is 10.0. The van der Waals surface area contributed by atoms with Crippen molar-refractivity contribution in [1.82, 2.24) is 5.32 Å². The Morgan fingerprint density at radius 1 is 1.17 bits per heavy atom. The van der Waals surface area contributed by atoms with Gasteiger partial charge in [0.1, 0.15) is 0 Å². The second kappa shape index (κ2) is 4.27. The van der Waals surface area contributed by atoms with Crippen molar-refractivity contribution in [3.05, 3.63) is 0 Å². The van der Waals surface area contributed by atoms with E-state index in [0.29, 0.717) is 0 Å². The third kappa shape index (κ3) is 2.01. The summed E-state index contributed by atoms with van der Waals surface area (Å²) in [6.07, 6.45) is 4.35. The van der Waals surface area contributed by atoms with Crippen molar-refractivity contribution in [3.63, 3.8) is 0 Å². The lowest BCUT2D eigenvalue weighted by molar-refractivity contribution is 0.162. The molecule has 1 saturated carbocycles. The van der Waals surface area contributed by atoms with Crippen LogP contribution < -0.4 is 5.32 Å². The van der Waals surface area contributed by atoms with Crippen LogP contribution in [-0.4, -0.2) is 13.1 Å². The molecule has 1 N–H and O–H groups in total. The van der Waals surface area contributed by atoms with Crippen molar-refractivity contribution in [2.24, 2.45) is 17.8 Å². The lowest BCUT2D eigenvalue weighted by Gasteiger charge is -2.38. The molecule has 0 amide bonds. The summed E-state index contributed by atoms with van der Waals surface area (Å²) >= 11 is 0. The third-order valence-corrected chi connectivity index (χ3v) is 3.61. The Hall–Kier alpha value is -0.0400. The number of rotatable bonds is 4. The van der Waals surface area contributed by atoms with Crippen LogP contribution in [0.1, 0.15) is 40.0 Å². The van der Waals surface area contributed by atoms with E-state index in [1.807, 2.05) is 0 Å². The van der Waals surface area contributed by atoms with E-state index >= 15 is 0 Å². The van der Waals surface area contributed by atoms with Gasteiger partial charge < -0.3 is 5.32 Å². The Bertz CT molecular complexity index is 127. The van der Waals surface area contributed by atoms with Gasteiger partial charge in [0, 0.05) is 6.04 Å². The molecule has 2 unspecified atom stereocenters. The minimum atomic E-state index is 0.763. The van der Waals surface area contributed by atoms with Crippen LogP contribution >= 0.6 is 0 Å². The summed E-state index contributed by atoms with van der Waals surface area (Å²) in [5, 5.41) is 3.49. The molecule has 0 aromatic carbocycles. The summed E-state index contributed by atoms with van der Waals surface area (Å²) in [4.78, 5) is 0. The Kier molecular flexibility index (Phi) is 3.57. The molecule has 72 valence electrons. The molecule has 1 rings (SSSR count). The zero-order chi connectivity index (χ0) is 9.14. The van der Waals surface area contributed by atoms with E-state index in [-0.39, 0.29) is 0 Å². The number of nitrogens with one attached hydrogen (secondary N) is 1. The Morgan fingerprint density at radius 2 is 1.75 bits per heavy atom. The van der Waals surface area contributed by atoms with Gasteiger partial charge in [0.15, 0.2) is 0 Å². The van der Waals surface area contributed by atoms with Gasteiger partial charge in [-0.2, -0.15) is 0 Å². The molecule has 0 bridgehead atoms. The molecule has 0 spiro atoms. The highest BCUT2D eigenvalue weighted by Gasteiger charge is 2.30. The predicted molar refractivity (Wildman–Crippen MR) is 54.2 cm³/mol. The lowest BCUT2D eigenvalue weighted by Crippen LogP contribution is -2.43. The highest BCUT2D eigenvalue weighted by molar-refractivity contribution is 4.86. The quantitative estimate of drug-likeness (QED) is 0.682. The van der Waals surface area contributed by atoms with Gasteiger partial charge in [-0.1, -0.05) is 27.2 Å². The minimum absolute atomic E-state index is 0.763. The van der Waals surface area contributed by atoms with Crippen LogP contribution in [-0.2, 0) is 0 Å². The zero-order valence-corrected chi connectivity index (χ0v) is 8.93. The monoisotopic (exact) mass is 169 g/mol. The third-order valence-electron chi connectivity index (χ3n) is 3.61. The number of hydrogen-bond donors (Lipinski definition) is 1. The van der Waals surface area contributed by atoms with E-state index in [9.17, 15) is 0 Å². The first-order chi connectivity index (χ1) is 5.66. The Morgan fingerprint density at radius 3 is 2.00 bits per heavy atom. The molecule has 1 nitrogen and oxygen atoms in total. The van der Waals surface area contributed by atoms with Crippen molar-refractivity contribution in [2.45, 2.75) is 46.1 Å². The molecule has 1 heteroatoms. The predicted octanol–water partition coefficient (Wildman–Crippen LogP) is 2.67. The van der Waals surface area contributed by atoms with Gasteiger partial charge in [-0.05, 0) is 37.6 Å². The fourth-order valence-corrected chi connectivity index (χ4v) is 2.14. The Labute approximate surface area is 76.9 Å². The van der Waals surface area contributed by atoms with E-state index in [4.69, 9.17) is 0 Å². The molecule has 0 saturated heterocycles. The fraction of sp³-hybridized carbons (Fsp3) is 1.00. The van der Waals surface area contributed by atoms with Crippen LogP contribution in [0.5, 0.6) is 0 Å². The molecule has 0 aromatic rings. The standard InChI is InChI=1S/C11H23N/c1-8(2)9(3)11(12-4)10-6-5-7-10/h8-12H,5-7H2,1-4H3. The summed E-state index contributed by atoms with van der Waals surface area (Å²) in [6.45, 7) is 7.03. The molecule has 0 radical (unpaired) electrons. The summed E-state index contributed by atoms with van der Waals surface area (Å²) in [5.74, 6) is 2.59. The van der Waals surface area contributed by atoms with Crippen LogP contribution in [0, 0.1) is 17.8 Å². The average molecular weight is 169 g/mol. The molecular formula is C11H23N. The lowest BCUT2D eigenvalue weighted by atomic mass is 9.73. The first-order valence-corrected chi connectivity index (χ1v) is 5.34. The molecule has 1 fully saturated rings. The molecule has 1 aliphatic rings. The molecule has 0 aliphatic heterocycles. The van der Waals surface area contributed by atoms with Crippen molar-refractivity contribution in [1.29, 1.82) is 0 Å². The molecule has 0 aromatic heterocycles. The van der Waals surface area contributed by atoms with Crippen molar-refractivity contribution >= 4 is 0 Å². The SMILES string of the molecule is CNC(C1CCC1)C(C)C(C)C. The topological polar surface area (TPSA) is 12.0 Å². The van der Waals surface area contributed by atoms with Gasteiger partial charge >= 0.3 is 0 Å². The average Bonchev–Trinajstić information content (AvgIpc) is 1.94. The van der Waals surface area contributed by atoms with Gasteiger partial charge in [0.2, 0.25) is 0 Å². The summed E-state index contributed by atoms with van der Waals surface area (Å²) in [6, 6.07) is 0.763. The maximum atomic E-state index is 3.49. The maximum Gasteiger partial charge on any atom is 0.0120 e. The van der Waals surface area contributed by atoms with Crippen molar-refractivity contribution in [2.75, 3.05) is 7.05 Å². The summed E-state index contributed by atoms with van der Waals surface area (Å²) in [7, 11) is 2.11. The van der Waals surface area contributed by atoms with Gasteiger partial charge in [-0.25, -0.2) is 0 Å². The number of hydrogen-bond acceptors (Lipinski definition) is 1. The van der Waals surface area contributed by atoms with E-state index in [1.54, 1.807) is 0 Å². The van der Waals surface area contributed by atoms with Gasteiger partial charge in [-0.15, -0.1) is 0 Å². The highest BCUT2D eigenvalue weighted by atomic mass is 14.9. The van der Waals surface area contributed by atoms with Crippen LogP contribution in [0.4, 0.5) is 0 Å². The second-order valence-corrected chi connectivity index (χ2v) is 4.61. The molecule has 2 atom stereocenters. The molecule has 0 heterocycles. The van der Waals surface area contributed by atoms with Crippen LogP contribution in [0.3, 0.4) is 0 Å². The summed E-state index contributed by atoms with van der Waals surface area (Å²) in [5.41, 5.74) is 0. The second-order valence-electron chi connectivity index (χ2n) is 4.61. The largest absolute Gasteiger partial charge is 0.316 e. The van der Waals surface area contributed by atoms with Crippen LogP contribution in [0.15, 0.2) is 0 Å². The Balaban J connectivity index is 2.42. The van der Waals surface area contributed by atoms with Gasteiger partial charge in [-0.3, -0.25) is 0 Å². The van der Waals surface area contributed by atoms with Crippen LogP contribution in [0.2, 0.25) is 0 Å². The summed E-state index contributed by atoms with van der Waals surface area (Å²) < 4.78 is 0. The van der Waals surface area contributed by atoms with Crippen LogP contribution in [0.25, 0.3) is 0 Å². The zero-order valence-electron chi connectivity index (χ0n) is 8.93. The normalized spacial score (nSPS) is 23.8. The highest BCUT2D eigenvalue weighted by Crippen LogP contribution is 2.34. The van der Waals surface area contributed by atoms with Gasteiger partial charge in [0.25, 0.3) is 0 Å². The molecule has 1 aliphatic carbocycles. The fourth-order valence-electron chi connectivity index (χ4n) is 2.14. The molecule has 12 heavy (non-hydrogen) atoms. The van der Waals surface area contributed by atoms with E-state index < -0.39 is 0 Å². The minimum Gasteiger partial charge on any atom is -0.316 e. The molecular weight excluding hydrogens is 146 g/mol. The maximum absolute atomic E-state index is 3.49.